The molecule has 8 nitrogen and oxygen atoms in total. The predicted octanol–water partition coefficient (Wildman–Crippen LogP) is 3.30. The number of hydrogen-bond donors (Lipinski definition) is 1. The summed E-state index contributed by atoms with van der Waals surface area (Å²) < 4.78 is 16.2. The first kappa shape index (κ1) is 23.4. The van der Waals surface area contributed by atoms with E-state index in [0.717, 1.165) is 37.5 Å². The Kier molecular flexibility index (Phi) is 7.49. The highest BCUT2D eigenvalue weighted by Crippen LogP contribution is 2.21. The summed E-state index contributed by atoms with van der Waals surface area (Å²) in [6.45, 7) is 5.69. The Morgan fingerprint density at radius 2 is 1.82 bits per heavy atom. The van der Waals surface area contributed by atoms with Crippen molar-refractivity contribution in [2.45, 2.75) is 13.5 Å². The Hall–Kier alpha value is -3.78. The third-order valence-electron chi connectivity index (χ3n) is 5.70. The van der Waals surface area contributed by atoms with Crippen LogP contribution in [0.1, 0.15) is 11.3 Å². The Morgan fingerprint density at radius 3 is 2.50 bits per heavy atom. The topological polar surface area (TPSA) is 84.2 Å². The van der Waals surface area contributed by atoms with Gasteiger partial charge in [-0.05, 0) is 48.9 Å². The van der Waals surface area contributed by atoms with Crippen LogP contribution in [0, 0.1) is 6.92 Å². The van der Waals surface area contributed by atoms with E-state index < -0.39 is 0 Å². The molecule has 8 heteroatoms. The van der Waals surface area contributed by atoms with E-state index in [2.05, 4.69) is 27.2 Å². The number of carbonyl (C=O) groups is 1. The molecule has 3 aromatic rings. The van der Waals surface area contributed by atoms with E-state index >= 15 is 0 Å². The number of benzene rings is 2. The lowest BCUT2D eigenvalue weighted by Gasteiger charge is -2.35. The summed E-state index contributed by atoms with van der Waals surface area (Å²) in [5.74, 6) is 1.09. The van der Waals surface area contributed by atoms with Crippen LogP contribution in [-0.4, -0.2) is 50.7 Å². The van der Waals surface area contributed by atoms with Crippen molar-refractivity contribution >= 4 is 17.3 Å². The van der Waals surface area contributed by atoms with E-state index in [4.69, 9.17) is 13.9 Å². The number of aryl methyl sites for hydroxylation is 1. The Morgan fingerprint density at radius 1 is 1.06 bits per heavy atom. The second-order valence-corrected chi connectivity index (χ2v) is 8.24. The van der Waals surface area contributed by atoms with Crippen LogP contribution in [0.25, 0.3) is 0 Å². The molecule has 0 spiro atoms. The third kappa shape index (κ3) is 6.17. The summed E-state index contributed by atoms with van der Waals surface area (Å²) in [5.41, 5.74) is 2.58. The van der Waals surface area contributed by atoms with Gasteiger partial charge < -0.3 is 24.1 Å². The van der Waals surface area contributed by atoms with Gasteiger partial charge in [0.1, 0.15) is 17.8 Å². The van der Waals surface area contributed by atoms with Crippen LogP contribution < -0.4 is 25.1 Å². The van der Waals surface area contributed by atoms with Gasteiger partial charge in [0.25, 0.3) is 5.91 Å². The van der Waals surface area contributed by atoms with Crippen molar-refractivity contribution in [1.82, 2.24) is 4.90 Å². The van der Waals surface area contributed by atoms with E-state index in [1.54, 1.807) is 13.2 Å². The van der Waals surface area contributed by atoms with E-state index in [1.165, 1.54) is 18.0 Å². The van der Waals surface area contributed by atoms with Gasteiger partial charge in [-0.1, -0.05) is 12.1 Å². The molecule has 1 saturated heterocycles. The highest BCUT2D eigenvalue weighted by Gasteiger charge is 2.19. The molecule has 0 atom stereocenters. The molecule has 0 aliphatic carbocycles. The van der Waals surface area contributed by atoms with Crippen molar-refractivity contribution in [3.05, 3.63) is 82.4 Å². The average molecular weight is 464 g/mol. The molecular weight excluding hydrogens is 434 g/mol. The van der Waals surface area contributed by atoms with Gasteiger partial charge in [0.2, 0.25) is 11.2 Å². The molecule has 0 bridgehead atoms. The van der Waals surface area contributed by atoms with E-state index in [1.807, 2.05) is 37.3 Å². The van der Waals surface area contributed by atoms with Crippen molar-refractivity contribution in [1.29, 1.82) is 0 Å². The van der Waals surface area contributed by atoms with Crippen LogP contribution >= 0.6 is 0 Å². The summed E-state index contributed by atoms with van der Waals surface area (Å²) >= 11 is 0. The highest BCUT2D eigenvalue weighted by molar-refractivity contribution is 5.91. The molecule has 4 rings (SSSR count). The fourth-order valence-electron chi connectivity index (χ4n) is 3.87. The van der Waals surface area contributed by atoms with Gasteiger partial charge >= 0.3 is 0 Å². The van der Waals surface area contributed by atoms with Crippen LogP contribution in [-0.2, 0) is 11.3 Å². The lowest BCUT2D eigenvalue weighted by Crippen LogP contribution is -2.46. The molecular formula is C26H29N3O5. The lowest BCUT2D eigenvalue weighted by atomic mass is 10.2. The number of rotatable bonds is 8. The third-order valence-corrected chi connectivity index (χ3v) is 5.70. The number of nitrogens with one attached hydrogen (secondary N) is 1. The number of carbonyl (C=O) groups excluding carboxylic acids is 1. The molecule has 178 valence electrons. The Bertz CT molecular complexity index is 1170. The maximum atomic E-state index is 12.4. The second kappa shape index (κ2) is 10.9. The first-order valence-electron chi connectivity index (χ1n) is 11.2. The molecule has 0 saturated carbocycles. The fourth-order valence-corrected chi connectivity index (χ4v) is 3.87. The predicted molar refractivity (Wildman–Crippen MR) is 131 cm³/mol. The molecule has 1 fully saturated rings. The van der Waals surface area contributed by atoms with Gasteiger partial charge in [0.15, 0.2) is 6.61 Å². The van der Waals surface area contributed by atoms with Crippen LogP contribution in [0.4, 0.5) is 11.4 Å². The molecule has 1 aliphatic heterocycles. The molecule has 1 N–H and O–H groups in total. The quantitative estimate of drug-likeness (QED) is 0.549. The minimum Gasteiger partial charge on any atom is -0.497 e. The fraction of sp³-hybridized carbons (Fsp3) is 0.308. The monoisotopic (exact) mass is 463 g/mol. The van der Waals surface area contributed by atoms with Gasteiger partial charge in [-0.15, -0.1) is 0 Å². The summed E-state index contributed by atoms with van der Waals surface area (Å²) in [6.07, 6.45) is 1.28. The maximum Gasteiger partial charge on any atom is 0.262 e. The van der Waals surface area contributed by atoms with Crippen LogP contribution in [0.5, 0.6) is 11.5 Å². The molecule has 1 aliphatic rings. The summed E-state index contributed by atoms with van der Waals surface area (Å²) in [4.78, 5) is 29.1. The number of piperazine rings is 1. The molecule has 0 unspecified atom stereocenters. The van der Waals surface area contributed by atoms with Crippen LogP contribution in [0.2, 0.25) is 0 Å². The maximum absolute atomic E-state index is 12.4. The van der Waals surface area contributed by atoms with Crippen molar-refractivity contribution in [2.24, 2.45) is 0 Å². The first-order valence-corrected chi connectivity index (χ1v) is 11.2. The summed E-state index contributed by atoms with van der Waals surface area (Å²) in [5, 5.41) is 2.75. The zero-order chi connectivity index (χ0) is 23.9. The zero-order valence-electron chi connectivity index (χ0n) is 19.5. The van der Waals surface area contributed by atoms with E-state index in [0.29, 0.717) is 18.0 Å². The van der Waals surface area contributed by atoms with Gasteiger partial charge in [-0.3, -0.25) is 14.5 Å². The van der Waals surface area contributed by atoms with Crippen molar-refractivity contribution in [3.63, 3.8) is 0 Å². The van der Waals surface area contributed by atoms with Crippen molar-refractivity contribution in [2.75, 3.05) is 50.1 Å². The number of ether oxygens (including phenoxy) is 2. The smallest absolute Gasteiger partial charge is 0.262 e. The van der Waals surface area contributed by atoms with Gasteiger partial charge in [-0.25, -0.2) is 0 Å². The Balaban J connectivity index is 1.25. The van der Waals surface area contributed by atoms with Gasteiger partial charge in [-0.2, -0.15) is 0 Å². The van der Waals surface area contributed by atoms with Crippen molar-refractivity contribution < 1.29 is 18.7 Å². The Labute approximate surface area is 198 Å². The number of nitrogens with zero attached hydrogens (tertiary/aromatic N) is 2. The number of anilines is 2. The second-order valence-electron chi connectivity index (χ2n) is 8.24. The molecule has 0 radical (unpaired) electrons. The molecule has 1 aromatic heterocycles. The normalized spacial score (nSPS) is 14.0. The van der Waals surface area contributed by atoms with E-state index in [-0.39, 0.29) is 23.7 Å². The minimum atomic E-state index is -0.344. The average Bonchev–Trinajstić information content (AvgIpc) is 2.84. The lowest BCUT2D eigenvalue weighted by molar-refractivity contribution is -0.118. The van der Waals surface area contributed by atoms with Crippen molar-refractivity contribution in [3.8, 4) is 11.5 Å². The minimum absolute atomic E-state index is 0.0208. The molecule has 34 heavy (non-hydrogen) atoms. The number of amides is 1. The van der Waals surface area contributed by atoms with Gasteiger partial charge in [0.05, 0.1) is 13.7 Å². The largest absolute Gasteiger partial charge is 0.497 e. The van der Waals surface area contributed by atoms with E-state index in [9.17, 15) is 9.59 Å². The van der Waals surface area contributed by atoms with Crippen LogP contribution in [0.3, 0.4) is 0 Å². The first-order chi connectivity index (χ1) is 16.5. The highest BCUT2D eigenvalue weighted by atomic mass is 16.5. The SMILES string of the molecule is COc1ccc(N2CCN(Cc3cc(=O)c(OCC(=O)Nc4cccc(C)c4)co3)CC2)cc1. The molecule has 2 heterocycles. The summed E-state index contributed by atoms with van der Waals surface area (Å²) in [6, 6.07) is 16.9. The summed E-state index contributed by atoms with van der Waals surface area (Å²) in [7, 11) is 1.66. The van der Waals surface area contributed by atoms with Crippen LogP contribution in [0.15, 0.2) is 70.1 Å². The van der Waals surface area contributed by atoms with Gasteiger partial charge in [0, 0.05) is 43.6 Å². The molecule has 2 aromatic carbocycles. The number of hydrogen-bond acceptors (Lipinski definition) is 7. The standard InChI is InChI=1S/C26H29N3O5/c1-19-4-3-5-20(14-19)27-26(31)18-34-25-17-33-23(15-24(25)30)16-28-10-12-29(13-11-28)21-6-8-22(32-2)9-7-21/h3-9,14-15,17H,10-13,16,18H2,1-2H3,(H,27,31). The zero-order valence-corrected chi connectivity index (χ0v) is 19.5. The molecule has 1 amide bonds. The number of methoxy groups -OCH3 is 1.